The second-order valence-electron chi connectivity index (χ2n) is 6.31. The fourth-order valence-corrected chi connectivity index (χ4v) is 3.46. The summed E-state index contributed by atoms with van der Waals surface area (Å²) in [6, 6.07) is 10.0. The van der Waals surface area contributed by atoms with Gasteiger partial charge in [-0.15, -0.1) is 5.10 Å². The molecule has 8 nitrogen and oxygen atoms in total. The second-order valence-corrected chi connectivity index (χ2v) is 7.25. The summed E-state index contributed by atoms with van der Waals surface area (Å²) >= 11 is 1.34. The number of rotatable bonds is 11. The van der Waals surface area contributed by atoms with E-state index in [4.69, 9.17) is 9.47 Å². The molecule has 2 aromatic rings. The van der Waals surface area contributed by atoms with Crippen LogP contribution in [0.1, 0.15) is 24.8 Å². The molecule has 0 saturated carbocycles. The predicted octanol–water partition coefficient (Wildman–Crippen LogP) is 1.67. The number of amides is 1. The summed E-state index contributed by atoms with van der Waals surface area (Å²) in [5.74, 6) is 0.256. The molecular weight excluding hydrogens is 366 g/mol. The molecule has 1 saturated heterocycles. The summed E-state index contributed by atoms with van der Waals surface area (Å²) < 4.78 is 12.9. The Balaban J connectivity index is 1.26. The highest BCUT2D eigenvalue weighted by molar-refractivity contribution is 7.99. The van der Waals surface area contributed by atoms with Crippen molar-refractivity contribution in [3.63, 3.8) is 0 Å². The average Bonchev–Trinajstić information content (AvgIpc) is 3.36. The lowest BCUT2D eigenvalue weighted by atomic mass is 10.2. The largest absolute Gasteiger partial charge is 0.377 e. The molecule has 1 N–H and O–H groups in total. The van der Waals surface area contributed by atoms with Crippen molar-refractivity contribution in [3.8, 4) is 0 Å². The maximum atomic E-state index is 12.0. The van der Waals surface area contributed by atoms with E-state index in [-0.39, 0.29) is 17.8 Å². The van der Waals surface area contributed by atoms with Crippen molar-refractivity contribution >= 4 is 17.7 Å². The third kappa shape index (κ3) is 6.93. The molecule has 1 aromatic heterocycles. The number of benzene rings is 1. The van der Waals surface area contributed by atoms with E-state index >= 15 is 0 Å². The molecule has 9 heteroatoms. The van der Waals surface area contributed by atoms with Gasteiger partial charge in [-0.3, -0.25) is 4.79 Å². The van der Waals surface area contributed by atoms with E-state index < -0.39 is 0 Å². The molecule has 1 atom stereocenters. The number of hydrogen-bond acceptors (Lipinski definition) is 7. The predicted molar refractivity (Wildman–Crippen MR) is 101 cm³/mol. The number of ether oxygens (including phenoxy) is 2. The quantitative estimate of drug-likeness (QED) is 0.460. The summed E-state index contributed by atoms with van der Waals surface area (Å²) in [4.78, 5) is 12.0. The zero-order valence-electron chi connectivity index (χ0n) is 15.2. The van der Waals surface area contributed by atoms with Crippen LogP contribution in [0.5, 0.6) is 0 Å². The maximum absolute atomic E-state index is 12.0. The van der Waals surface area contributed by atoms with Gasteiger partial charge in [0.15, 0.2) is 0 Å². The Kier molecular flexibility index (Phi) is 8.06. The molecule has 1 aliphatic heterocycles. The molecule has 0 spiro atoms. The minimum atomic E-state index is -0.0327. The lowest BCUT2D eigenvalue weighted by molar-refractivity contribution is -0.118. The molecule has 1 amide bonds. The van der Waals surface area contributed by atoms with Crippen molar-refractivity contribution in [1.29, 1.82) is 0 Å². The van der Waals surface area contributed by atoms with Crippen LogP contribution in [0.15, 0.2) is 35.5 Å². The van der Waals surface area contributed by atoms with Gasteiger partial charge in [-0.05, 0) is 35.3 Å². The molecule has 0 bridgehead atoms. The van der Waals surface area contributed by atoms with Crippen LogP contribution >= 0.6 is 11.8 Å². The van der Waals surface area contributed by atoms with Crippen LogP contribution in [-0.4, -0.2) is 57.7 Å². The highest BCUT2D eigenvalue weighted by atomic mass is 32.2. The summed E-state index contributed by atoms with van der Waals surface area (Å²) in [7, 11) is 0. The standard InChI is InChI=1S/C18H25N5O3S/c24-17(19-9-5-10-25-13-15-6-2-1-3-7-15)14-27-18-20-21-22-23(18)12-16-8-4-11-26-16/h1-3,6-7,16H,4-5,8-14H2,(H,19,24). The van der Waals surface area contributed by atoms with E-state index in [1.165, 1.54) is 11.8 Å². The van der Waals surface area contributed by atoms with E-state index in [1.54, 1.807) is 4.68 Å². The molecule has 1 fully saturated rings. The maximum Gasteiger partial charge on any atom is 0.230 e. The number of hydrogen-bond donors (Lipinski definition) is 1. The zero-order chi connectivity index (χ0) is 18.7. The number of nitrogens with one attached hydrogen (secondary N) is 1. The highest BCUT2D eigenvalue weighted by Gasteiger charge is 2.19. The smallest absolute Gasteiger partial charge is 0.230 e. The van der Waals surface area contributed by atoms with E-state index in [0.29, 0.717) is 31.5 Å². The molecule has 0 radical (unpaired) electrons. The van der Waals surface area contributed by atoms with Gasteiger partial charge in [0.2, 0.25) is 11.1 Å². The molecule has 146 valence electrons. The van der Waals surface area contributed by atoms with Gasteiger partial charge in [0, 0.05) is 19.8 Å². The first kappa shape index (κ1) is 19.8. The Morgan fingerprint density at radius 2 is 2.26 bits per heavy atom. The van der Waals surface area contributed by atoms with E-state index in [1.807, 2.05) is 30.3 Å². The monoisotopic (exact) mass is 391 g/mol. The first-order valence-corrected chi connectivity index (χ1v) is 10.2. The highest BCUT2D eigenvalue weighted by Crippen LogP contribution is 2.18. The number of carbonyl (C=O) groups is 1. The Bertz CT molecular complexity index is 691. The van der Waals surface area contributed by atoms with Crippen molar-refractivity contribution in [2.24, 2.45) is 0 Å². The zero-order valence-corrected chi connectivity index (χ0v) is 16.1. The number of aromatic nitrogens is 4. The fraction of sp³-hybridized carbons (Fsp3) is 0.556. The molecule has 2 heterocycles. The van der Waals surface area contributed by atoms with Gasteiger partial charge < -0.3 is 14.8 Å². The van der Waals surface area contributed by atoms with Gasteiger partial charge in [-0.25, -0.2) is 4.68 Å². The van der Waals surface area contributed by atoms with Gasteiger partial charge >= 0.3 is 0 Å². The summed E-state index contributed by atoms with van der Waals surface area (Å²) in [6.07, 6.45) is 3.04. The molecule has 1 unspecified atom stereocenters. The Morgan fingerprint density at radius 3 is 3.07 bits per heavy atom. The topological polar surface area (TPSA) is 91.2 Å². The van der Waals surface area contributed by atoms with Gasteiger partial charge in [0.05, 0.1) is 25.0 Å². The van der Waals surface area contributed by atoms with Crippen molar-refractivity contribution < 1.29 is 14.3 Å². The van der Waals surface area contributed by atoms with Crippen LogP contribution in [0.2, 0.25) is 0 Å². The van der Waals surface area contributed by atoms with E-state index in [9.17, 15) is 4.79 Å². The molecule has 3 rings (SSSR count). The van der Waals surface area contributed by atoms with Crippen molar-refractivity contribution in [1.82, 2.24) is 25.5 Å². The summed E-state index contributed by atoms with van der Waals surface area (Å²) in [6.45, 7) is 3.23. The van der Waals surface area contributed by atoms with Gasteiger partial charge in [0.1, 0.15) is 0 Å². The third-order valence-electron chi connectivity index (χ3n) is 4.13. The van der Waals surface area contributed by atoms with E-state index in [0.717, 1.165) is 31.4 Å². The summed E-state index contributed by atoms with van der Waals surface area (Å²) in [5.41, 5.74) is 1.15. The van der Waals surface area contributed by atoms with Gasteiger partial charge in [-0.2, -0.15) is 0 Å². The van der Waals surface area contributed by atoms with Crippen LogP contribution in [0.25, 0.3) is 0 Å². The average molecular weight is 391 g/mol. The van der Waals surface area contributed by atoms with Crippen molar-refractivity contribution in [2.45, 2.75) is 43.7 Å². The number of nitrogens with zero attached hydrogens (tertiary/aromatic N) is 4. The van der Waals surface area contributed by atoms with Crippen molar-refractivity contribution in [3.05, 3.63) is 35.9 Å². The first-order chi connectivity index (χ1) is 13.3. The Labute approximate surface area is 163 Å². The SMILES string of the molecule is O=C(CSc1nnnn1CC1CCCO1)NCCCOCc1ccccc1. The molecular formula is C18H25N5O3S. The van der Waals surface area contributed by atoms with Crippen LogP contribution < -0.4 is 5.32 Å². The van der Waals surface area contributed by atoms with Gasteiger partial charge in [-0.1, -0.05) is 42.1 Å². The van der Waals surface area contributed by atoms with Crippen LogP contribution in [0, 0.1) is 0 Å². The number of carbonyl (C=O) groups excluding carboxylic acids is 1. The van der Waals surface area contributed by atoms with E-state index in [2.05, 4.69) is 20.8 Å². The van der Waals surface area contributed by atoms with Crippen LogP contribution in [0.4, 0.5) is 0 Å². The lowest BCUT2D eigenvalue weighted by Crippen LogP contribution is -2.27. The Morgan fingerprint density at radius 1 is 1.37 bits per heavy atom. The molecule has 1 aliphatic rings. The molecule has 27 heavy (non-hydrogen) atoms. The minimum absolute atomic E-state index is 0.0327. The number of tetrazole rings is 1. The van der Waals surface area contributed by atoms with Crippen LogP contribution in [-0.2, 0) is 27.4 Å². The first-order valence-electron chi connectivity index (χ1n) is 9.20. The van der Waals surface area contributed by atoms with Gasteiger partial charge in [0.25, 0.3) is 0 Å². The Hall–Kier alpha value is -1.97. The summed E-state index contributed by atoms with van der Waals surface area (Å²) in [5, 5.41) is 15.2. The second kappa shape index (κ2) is 11.0. The lowest BCUT2D eigenvalue weighted by Gasteiger charge is -2.10. The van der Waals surface area contributed by atoms with Crippen molar-refractivity contribution in [2.75, 3.05) is 25.5 Å². The molecule has 0 aliphatic carbocycles. The van der Waals surface area contributed by atoms with Crippen LogP contribution in [0.3, 0.4) is 0 Å². The third-order valence-corrected chi connectivity index (χ3v) is 5.09. The number of thioether (sulfide) groups is 1. The minimum Gasteiger partial charge on any atom is -0.377 e. The fourth-order valence-electron chi connectivity index (χ4n) is 2.74. The molecule has 1 aromatic carbocycles. The normalized spacial score (nSPS) is 16.5.